The number of hydrogen-bond acceptors (Lipinski definition) is 4. The van der Waals surface area contributed by atoms with E-state index in [9.17, 15) is 0 Å². The molecule has 1 aromatic carbocycles. The SMILES string of the molecule is N#CCn1cc(-c2ccc(Br)c(CO)c2)nn1. The molecule has 0 spiro atoms. The van der Waals surface area contributed by atoms with Gasteiger partial charge in [-0.2, -0.15) is 5.26 Å². The van der Waals surface area contributed by atoms with Crippen LogP contribution in [-0.4, -0.2) is 20.1 Å². The molecule has 0 bridgehead atoms. The molecule has 0 saturated carbocycles. The van der Waals surface area contributed by atoms with Crippen LogP contribution < -0.4 is 0 Å². The van der Waals surface area contributed by atoms with E-state index >= 15 is 0 Å². The number of aliphatic hydroxyl groups excluding tert-OH is 1. The highest BCUT2D eigenvalue weighted by molar-refractivity contribution is 9.10. The van der Waals surface area contributed by atoms with Gasteiger partial charge in [-0.25, -0.2) is 4.68 Å². The third kappa shape index (κ3) is 2.52. The molecule has 0 aliphatic heterocycles. The molecule has 0 aliphatic rings. The number of hydrogen-bond donors (Lipinski definition) is 1. The van der Waals surface area contributed by atoms with Crippen LogP contribution in [0.25, 0.3) is 11.3 Å². The molecule has 17 heavy (non-hydrogen) atoms. The maximum Gasteiger partial charge on any atom is 0.129 e. The summed E-state index contributed by atoms with van der Waals surface area (Å²) in [6, 6.07) is 7.56. The number of benzene rings is 1. The molecule has 2 aromatic rings. The topological polar surface area (TPSA) is 74.7 Å². The highest BCUT2D eigenvalue weighted by Crippen LogP contribution is 2.24. The third-order valence-electron chi connectivity index (χ3n) is 2.28. The average molecular weight is 293 g/mol. The van der Waals surface area contributed by atoms with Crippen LogP contribution >= 0.6 is 15.9 Å². The molecule has 0 aliphatic carbocycles. The van der Waals surface area contributed by atoms with Crippen molar-refractivity contribution >= 4 is 15.9 Å². The fraction of sp³-hybridized carbons (Fsp3) is 0.182. The van der Waals surface area contributed by atoms with Crippen molar-refractivity contribution in [3.8, 4) is 17.3 Å². The Morgan fingerprint density at radius 1 is 1.47 bits per heavy atom. The van der Waals surface area contributed by atoms with E-state index in [-0.39, 0.29) is 13.2 Å². The summed E-state index contributed by atoms with van der Waals surface area (Å²) in [6.45, 7) is 0.136. The molecular weight excluding hydrogens is 284 g/mol. The van der Waals surface area contributed by atoms with E-state index in [1.165, 1.54) is 4.68 Å². The molecule has 5 nitrogen and oxygen atoms in total. The summed E-state index contributed by atoms with van der Waals surface area (Å²) in [4.78, 5) is 0. The fourth-order valence-electron chi connectivity index (χ4n) is 1.44. The first-order valence-electron chi connectivity index (χ1n) is 4.91. The van der Waals surface area contributed by atoms with Gasteiger partial charge in [0, 0.05) is 10.0 Å². The van der Waals surface area contributed by atoms with E-state index in [4.69, 9.17) is 10.4 Å². The van der Waals surface area contributed by atoms with E-state index in [1.54, 1.807) is 6.20 Å². The lowest BCUT2D eigenvalue weighted by atomic mass is 10.1. The summed E-state index contributed by atoms with van der Waals surface area (Å²) in [5.41, 5.74) is 2.33. The van der Waals surface area contributed by atoms with Crippen molar-refractivity contribution in [2.75, 3.05) is 0 Å². The van der Waals surface area contributed by atoms with Crippen LogP contribution in [0.2, 0.25) is 0 Å². The van der Waals surface area contributed by atoms with Crippen LogP contribution in [0.15, 0.2) is 28.9 Å². The molecular formula is C11H9BrN4O. The van der Waals surface area contributed by atoms with E-state index in [2.05, 4.69) is 26.2 Å². The van der Waals surface area contributed by atoms with Crippen molar-refractivity contribution in [2.24, 2.45) is 0 Å². The van der Waals surface area contributed by atoms with Crippen molar-refractivity contribution in [1.29, 1.82) is 5.26 Å². The maximum absolute atomic E-state index is 9.16. The predicted molar refractivity (Wildman–Crippen MR) is 64.7 cm³/mol. The normalized spacial score (nSPS) is 10.2. The van der Waals surface area contributed by atoms with E-state index in [1.807, 2.05) is 24.3 Å². The Labute approximate surface area is 106 Å². The van der Waals surface area contributed by atoms with Gasteiger partial charge < -0.3 is 5.11 Å². The van der Waals surface area contributed by atoms with E-state index in [0.29, 0.717) is 5.69 Å². The molecule has 1 heterocycles. The van der Waals surface area contributed by atoms with Crippen LogP contribution in [0, 0.1) is 11.3 Å². The highest BCUT2D eigenvalue weighted by atomic mass is 79.9. The molecule has 0 saturated heterocycles. The first kappa shape index (κ1) is 11.8. The maximum atomic E-state index is 9.16. The zero-order chi connectivity index (χ0) is 12.3. The average Bonchev–Trinajstić information content (AvgIpc) is 2.79. The van der Waals surface area contributed by atoms with Gasteiger partial charge in [0.05, 0.1) is 18.9 Å². The molecule has 0 amide bonds. The van der Waals surface area contributed by atoms with Gasteiger partial charge >= 0.3 is 0 Å². The summed E-state index contributed by atoms with van der Waals surface area (Å²) in [6.07, 6.45) is 1.70. The van der Waals surface area contributed by atoms with Crippen LogP contribution in [0.5, 0.6) is 0 Å². The number of aromatic nitrogens is 3. The molecule has 2 rings (SSSR count). The molecule has 1 N–H and O–H groups in total. The van der Waals surface area contributed by atoms with Gasteiger partial charge in [-0.3, -0.25) is 0 Å². The Morgan fingerprint density at radius 3 is 3.00 bits per heavy atom. The fourth-order valence-corrected chi connectivity index (χ4v) is 1.81. The minimum atomic E-state index is -0.0409. The summed E-state index contributed by atoms with van der Waals surface area (Å²) in [5, 5.41) is 25.5. The van der Waals surface area contributed by atoms with Gasteiger partial charge in [0.25, 0.3) is 0 Å². The third-order valence-corrected chi connectivity index (χ3v) is 3.06. The molecule has 0 radical (unpaired) electrons. The molecule has 1 aromatic heterocycles. The summed E-state index contributed by atoms with van der Waals surface area (Å²) >= 11 is 3.35. The Bertz CT molecular complexity index is 573. The van der Waals surface area contributed by atoms with Gasteiger partial charge in [-0.1, -0.05) is 27.2 Å². The lowest BCUT2D eigenvalue weighted by Crippen LogP contribution is -1.94. The van der Waals surface area contributed by atoms with Crippen LogP contribution in [0.4, 0.5) is 0 Å². The lowest BCUT2D eigenvalue weighted by molar-refractivity contribution is 0.281. The molecule has 0 unspecified atom stereocenters. The summed E-state index contributed by atoms with van der Waals surface area (Å²) < 4.78 is 2.32. The number of nitrogens with zero attached hydrogens (tertiary/aromatic N) is 4. The molecule has 0 fully saturated rings. The van der Waals surface area contributed by atoms with Crippen LogP contribution in [0.3, 0.4) is 0 Å². The smallest absolute Gasteiger partial charge is 0.129 e. The number of rotatable bonds is 3. The first-order chi connectivity index (χ1) is 8.24. The first-order valence-corrected chi connectivity index (χ1v) is 5.70. The standard InChI is InChI=1S/C11H9BrN4O/c12-10-2-1-8(5-9(10)7-17)11-6-16(4-3-13)15-14-11/h1-2,5-6,17H,4,7H2. The van der Waals surface area contributed by atoms with Crippen molar-refractivity contribution in [2.45, 2.75) is 13.2 Å². The van der Waals surface area contributed by atoms with Crippen molar-refractivity contribution < 1.29 is 5.11 Å². The zero-order valence-electron chi connectivity index (χ0n) is 8.84. The Morgan fingerprint density at radius 2 is 2.29 bits per heavy atom. The number of aliphatic hydroxyl groups is 1. The summed E-state index contributed by atoms with van der Waals surface area (Å²) in [7, 11) is 0. The largest absolute Gasteiger partial charge is 0.392 e. The van der Waals surface area contributed by atoms with Crippen molar-refractivity contribution in [3.05, 3.63) is 34.4 Å². The quantitative estimate of drug-likeness (QED) is 0.935. The highest BCUT2D eigenvalue weighted by Gasteiger charge is 2.06. The second-order valence-corrected chi connectivity index (χ2v) is 4.28. The minimum absolute atomic E-state index is 0.0409. The van der Waals surface area contributed by atoms with Crippen molar-refractivity contribution in [3.63, 3.8) is 0 Å². The lowest BCUT2D eigenvalue weighted by Gasteiger charge is -2.02. The zero-order valence-corrected chi connectivity index (χ0v) is 10.4. The second-order valence-electron chi connectivity index (χ2n) is 3.42. The van der Waals surface area contributed by atoms with Gasteiger partial charge in [0.1, 0.15) is 12.2 Å². The Kier molecular flexibility index (Phi) is 3.52. The predicted octanol–water partition coefficient (Wildman–Crippen LogP) is 1.72. The monoisotopic (exact) mass is 292 g/mol. The van der Waals surface area contributed by atoms with Crippen LogP contribution in [-0.2, 0) is 13.2 Å². The summed E-state index contributed by atoms with van der Waals surface area (Å²) in [5.74, 6) is 0. The molecule has 86 valence electrons. The second kappa shape index (κ2) is 5.08. The number of halogens is 1. The minimum Gasteiger partial charge on any atom is -0.392 e. The van der Waals surface area contributed by atoms with Gasteiger partial charge in [-0.15, -0.1) is 5.10 Å². The Hall–Kier alpha value is -1.71. The van der Waals surface area contributed by atoms with Gasteiger partial charge in [0.2, 0.25) is 0 Å². The van der Waals surface area contributed by atoms with Crippen molar-refractivity contribution in [1.82, 2.24) is 15.0 Å². The molecule has 0 atom stereocenters. The van der Waals surface area contributed by atoms with Crippen LogP contribution in [0.1, 0.15) is 5.56 Å². The molecule has 6 heteroatoms. The van der Waals surface area contributed by atoms with E-state index < -0.39 is 0 Å². The van der Waals surface area contributed by atoms with Gasteiger partial charge in [-0.05, 0) is 17.7 Å². The van der Waals surface area contributed by atoms with Gasteiger partial charge in [0.15, 0.2) is 0 Å². The number of nitriles is 1. The Balaban J connectivity index is 2.36. The van der Waals surface area contributed by atoms with E-state index in [0.717, 1.165) is 15.6 Å².